The Hall–Kier alpha value is -3.33. The molecule has 7 rings (SSSR count). The Morgan fingerprint density at radius 3 is 1.31 bits per heavy atom. The van der Waals surface area contributed by atoms with Gasteiger partial charge in [0.25, 0.3) is 0 Å². The van der Waals surface area contributed by atoms with E-state index >= 15 is 0 Å². The van der Waals surface area contributed by atoms with Gasteiger partial charge in [0.15, 0.2) is 0 Å². The van der Waals surface area contributed by atoms with Gasteiger partial charge in [0, 0.05) is 0 Å². The first-order valence-electron chi connectivity index (χ1n) is 16.5. The molecular weight excluding hydrogens is 723 g/mol. The Morgan fingerprint density at radius 2 is 0.889 bits per heavy atom. The minimum absolute atomic E-state index is 0.477. The van der Waals surface area contributed by atoms with Crippen LogP contribution in [0.15, 0.2) is 115 Å². The molecule has 2 unspecified atom stereocenters. The molecule has 0 aliphatic heterocycles. The molecular formula is C43H44HfSi. The number of allylic oxidation sites excluding steroid dienone is 2. The molecule has 2 aliphatic carbocycles. The Bertz CT molecular complexity index is 1960. The molecule has 0 aromatic heterocycles. The first-order chi connectivity index (χ1) is 21.6. The minimum atomic E-state index is -4.06. The second-order valence-electron chi connectivity index (χ2n) is 14.4. The van der Waals surface area contributed by atoms with Gasteiger partial charge in [-0.15, -0.1) is 0 Å². The van der Waals surface area contributed by atoms with E-state index in [0.29, 0.717) is 7.35 Å². The van der Waals surface area contributed by atoms with Gasteiger partial charge in [-0.2, -0.15) is 0 Å². The quantitative estimate of drug-likeness (QED) is 0.156. The fourth-order valence-corrected chi connectivity index (χ4v) is 52.3. The monoisotopic (exact) mass is 768 g/mol. The van der Waals surface area contributed by atoms with Crippen molar-refractivity contribution in [1.82, 2.24) is 0 Å². The number of hydrogen-bond acceptors (Lipinski definition) is 0. The summed E-state index contributed by atoms with van der Waals surface area (Å²) in [4.78, 5) is 0. The Balaban J connectivity index is 1.49. The van der Waals surface area contributed by atoms with E-state index in [9.17, 15) is 0 Å². The molecule has 0 N–H and O–H groups in total. The van der Waals surface area contributed by atoms with Gasteiger partial charge < -0.3 is 0 Å². The summed E-state index contributed by atoms with van der Waals surface area (Å²) in [6.07, 6.45) is 10.3. The zero-order chi connectivity index (χ0) is 31.5. The van der Waals surface area contributed by atoms with Gasteiger partial charge in [-0.25, -0.2) is 0 Å². The van der Waals surface area contributed by atoms with Crippen molar-refractivity contribution in [2.24, 2.45) is 0 Å². The molecule has 0 bridgehead atoms. The summed E-state index contributed by atoms with van der Waals surface area (Å²) in [5.41, 5.74) is 16.1. The third-order valence-electron chi connectivity index (χ3n) is 11.7. The zero-order valence-corrected chi connectivity index (χ0v) is 32.4. The van der Waals surface area contributed by atoms with Crippen LogP contribution >= 0.6 is 0 Å². The van der Waals surface area contributed by atoms with Crippen LogP contribution in [-0.2, 0) is 17.1 Å². The summed E-state index contributed by atoms with van der Waals surface area (Å²) >= 11 is -4.06. The molecule has 2 atom stereocenters. The molecule has 5 aromatic rings. The van der Waals surface area contributed by atoms with Crippen LogP contribution in [0.25, 0.3) is 34.4 Å². The molecule has 0 heterocycles. The normalized spacial score (nSPS) is 17.0. The van der Waals surface area contributed by atoms with E-state index in [1.165, 1.54) is 55.6 Å². The molecule has 0 saturated heterocycles. The van der Waals surface area contributed by atoms with Crippen molar-refractivity contribution >= 4 is 22.8 Å². The first-order valence-corrected chi connectivity index (χ1v) is 35.2. The maximum absolute atomic E-state index is 4.06. The number of benzene rings is 5. The molecule has 0 saturated carbocycles. The van der Waals surface area contributed by atoms with Crippen LogP contribution in [0.4, 0.5) is 0 Å². The Kier molecular flexibility index (Phi) is 7.53. The fraction of sp³-hybridized carbons (Fsp3) is 0.209. The molecule has 0 radical (unpaired) electrons. The fourth-order valence-electron chi connectivity index (χ4n) is 8.94. The van der Waals surface area contributed by atoms with Crippen LogP contribution in [0.5, 0.6) is 0 Å². The SMILES string of the molecule is Cc1cccc(C)c1-c1cccc2c1C=C[CH]2[Hf]([CH3])([CH3])([CH]1C=Cc2c(-c3c(C)cccc3C)cccc21)=[Si](C)c1ccccc1. The molecule has 2 heteroatoms. The molecule has 0 fully saturated rings. The van der Waals surface area contributed by atoms with Gasteiger partial charge in [0.2, 0.25) is 0 Å². The van der Waals surface area contributed by atoms with Crippen molar-refractivity contribution in [3.05, 3.63) is 160 Å². The standard InChI is InChI=1S/2C17H15.C7H8Si.2CH3.Hf/c2*1-12-6-3-7-13(2)17(12)16-11-5-9-14-8-4-10-15(14)16;1-8-7-5-3-2-4-6-7;;;/h2*3-11H,1-2H3;2-6H,1H3;2*1H3;. The van der Waals surface area contributed by atoms with Gasteiger partial charge >= 0.3 is 273 Å². The van der Waals surface area contributed by atoms with E-state index in [-0.39, 0.29) is 0 Å². The van der Waals surface area contributed by atoms with Crippen molar-refractivity contribution in [1.29, 1.82) is 0 Å². The summed E-state index contributed by atoms with van der Waals surface area (Å²) < 4.78 is 6.63. The van der Waals surface area contributed by atoms with Crippen LogP contribution in [-0.4, -0.2) is 5.49 Å². The molecule has 0 nitrogen and oxygen atoms in total. The predicted molar refractivity (Wildman–Crippen MR) is 196 cm³/mol. The maximum atomic E-state index is 2.84. The third-order valence-corrected chi connectivity index (χ3v) is 66.3. The van der Waals surface area contributed by atoms with Crippen molar-refractivity contribution in [3.8, 4) is 22.3 Å². The average molecular weight is 767 g/mol. The molecule has 2 aliphatic rings. The molecule has 0 spiro atoms. The second kappa shape index (κ2) is 11.2. The third kappa shape index (κ3) is 4.62. The van der Waals surface area contributed by atoms with Crippen molar-refractivity contribution in [3.63, 3.8) is 0 Å². The molecule has 224 valence electrons. The molecule has 5 aromatic carbocycles. The van der Waals surface area contributed by atoms with Crippen LogP contribution in [0.1, 0.15) is 51.9 Å². The summed E-state index contributed by atoms with van der Waals surface area (Å²) in [7, 11) is 0. The number of fused-ring (bicyclic) bond motifs is 2. The number of aryl methyl sites for hydroxylation is 4. The van der Waals surface area contributed by atoms with Crippen LogP contribution < -0.4 is 5.19 Å². The summed E-state index contributed by atoms with van der Waals surface area (Å²) in [5.74, 6) is 0. The van der Waals surface area contributed by atoms with Crippen molar-refractivity contribution in [2.45, 2.75) is 51.0 Å². The molecule has 45 heavy (non-hydrogen) atoms. The van der Waals surface area contributed by atoms with Gasteiger partial charge in [0.1, 0.15) is 0 Å². The molecule has 0 amide bonds. The van der Waals surface area contributed by atoms with Crippen LogP contribution in [0.3, 0.4) is 0 Å². The van der Waals surface area contributed by atoms with Crippen molar-refractivity contribution < 1.29 is 17.1 Å². The summed E-state index contributed by atoms with van der Waals surface area (Å²) in [5, 5.41) is 1.59. The number of rotatable bonds is 5. The average Bonchev–Trinajstić information content (AvgIpc) is 3.68. The van der Waals surface area contributed by atoms with E-state index in [2.05, 4.69) is 171 Å². The van der Waals surface area contributed by atoms with Gasteiger partial charge in [0.05, 0.1) is 0 Å². The topological polar surface area (TPSA) is 0 Å². The summed E-state index contributed by atoms with van der Waals surface area (Å²) in [6, 6.07) is 39.3. The summed E-state index contributed by atoms with van der Waals surface area (Å²) in [6.45, 7) is 11.7. The van der Waals surface area contributed by atoms with E-state index < -0.39 is 22.6 Å². The van der Waals surface area contributed by atoms with Crippen LogP contribution in [0.2, 0.25) is 15.9 Å². The van der Waals surface area contributed by atoms with Crippen LogP contribution in [0, 0.1) is 27.7 Å². The van der Waals surface area contributed by atoms with Gasteiger partial charge in [-0.05, 0) is 0 Å². The Morgan fingerprint density at radius 1 is 0.489 bits per heavy atom. The van der Waals surface area contributed by atoms with E-state index in [1.54, 1.807) is 16.3 Å². The van der Waals surface area contributed by atoms with E-state index in [0.717, 1.165) is 0 Å². The number of hydrogen-bond donors (Lipinski definition) is 0. The Labute approximate surface area is 271 Å². The van der Waals surface area contributed by atoms with Gasteiger partial charge in [-0.3, -0.25) is 0 Å². The predicted octanol–water partition coefficient (Wildman–Crippen LogP) is 11.4. The zero-order valence-electron chi connectivity index (χ0n) is 27.8. The van der Waals surface area contributed by atoms with Crippen molar-refractivity contribution in [2.75, 3.05) is 0 Å². The first kappa shape index (κ1) is 30.3. The van der Waals surface area contributed by atoms with Gasteiger partial charge in [-0.1, -0.05) is 0 Å². The second-order valence-corrected chi connectivity index (χ2v) is 60.5. The van der Waals surface area contributed by atoms with E-state index in [1.807, 2.05) is 0 Å². The van der Waals surface area contributed by atoms with E-state index in [4.69, 9.17) is 0 Å².